The number of hydrogen-bond donors (Lipinski definition) is 3. The summed E-state index contributed by atoms with van der Waals surface area (Å²) >= 11 is 0. The van der Waals surface area contributed by atoms with Crippen LogP contribution in [0.5, 0.6) is 0 Å². The van der Waals surface area contributed by atoms with Crippen molar-refractivity contribution in [3.8, 4) is 0 Å². The molecule has 0 saturated carbocycles. The molecule has 0 spiro atoms. The van der Waals surface area contributed by atoms with Gasteiger partial charge >= 0.3 is 17.1 Å². The Kier molecular flexibility index (Phi) is 8.18. The van der Waals surface area contributed by atoms with Crippen LogP contribution in [-0.2, 0) is 36.7 Å². The number of rotatable bonds is 5. The van der Waals surface area contributed by atoms with E-state index in [0.717, 1.165) is 58.9 Å². The molecule has 0 amide bonds. The van der Waals surface area contributed by atoms with Crippen LogP contribution >= 0.6 is 0 Å². The van der Waals surface area contributed by atoms with Gasteiger partial charge in [0.2, 0.25) is 0 Å². The number of nitrogens with one attached hydrogen (secondary N) is 3. The van der Waals surface area contributed by atoms with Crippen molar-refractivity contribution >= 4 is 32.3 Å². The van der Waals surface area contributed by atoms with E-state index >= 15 is 0 Å². The first kappa shape index (κ1) is 25.2. The van der Waals surface area contributed by atoms with Crippen molar-refractivity contribution in [1.82, 2.24) is 20.9 Å². The van der Waals surface area contributed by atoms with Gasteiger partial charge in [0.15, 0.2) is 0 Å². The van der Waals surface area contributed by atoms with Crippen molar-refractivity contribution in [2.75, 3.05) is 39.3 Å². The van der Waals surface area contributed by atoms with Crippen LogP contribution in [0, 0.1) is 0 Å². The number of benzene rings is 5. The third kappa shape index (κ3) is 5.42. The molecule has 36 heavy (non-hydrogen) atoms. The van der Waals surface area contributed by atoms with Gasteiger partial charge in [0, 0.05) is 58.9 Å². The first-order valence-corrected chi connectivity index (χ1v) is 12.9. The molecule has 0 saturated heterocycles. The van der Waals surface area contributed by atoms with Crippen molar-refractivity contribution in [2.45, 2.75) is 19.6 Å². The number of fused-ring (bicyclic) bond motifs is 2. The summed E-state index contributed by atoms with van der Waals surface area (Å²) in [5.41, 5.74) is 4.12. The quantitative estimate of drug-likeness (QED) is 0.177. The van der Waals surface area contributed by atoms with Crippen LogP contribution < -0.4 is 16.0 Å². The van der Waals surface area contributed by atoms with Gasteiger partial charge in [-0.25, -0.2) is 0 Å². The molecule has 5 aromatic carbocycles. The second-order valence-electron chi connectivity index (χ2n) is 9.77. The molecule has 5 aromatic rings. The van der Waals surface area contributed by atoms with E-state index in [0.29, 0.717) is 0 Å². The van der Waals surface area contributed by atoms with Crippen LogP contribution in [0.3, 0.4) is 0 Å². The first-order valence-electron chi connectivity index (χ1n) is 12.9. The first-order chi connectivity index (χ1) is 17.3. The smallest absolute Gasteiger partial charge is 0.311 e. The van der Waals surface area contributed by atoms with Gasteiger partial charge in [-0.1, -0.05) is 78.9 Å². The zero-order valence-electron chi connectivity index (χ0n) is 20.7. The van der Waals surface area contributed by atoms with Gasteiger partial charge in [-0.3, -0.25) is 4.90 Å². The molecule has 1 heterocycles. The van der Waals surface area contributed by atoms with Gasteiger partial charge in [-0.05, 0) is 49.0 Å². The van der Waals surface area contributed by atoms with Gasteiger partial charge in [0.05, 0.1) is 0 Å². The maximum atomic E-state index is 3.73. The van der Waals surface area contributed by atoms with Gasteiger partial charge in [-0.15, -0.1) is 0 Å². The molecule has 0 unspecified atom stereocenters. The summed E-state index contributed by atoms with van der Waals surface area (Å²) in [5.74, 6) is 0. The van der Waals surface area contributed by atoms with Crippen LogP contribution in [0.1, 0.15) is 16.7 Å². The molecular formula is C31H34MnN4+2. The summed E-state index contributed by atoms with van der Waals surface area (Å²) in [6.45, 7) is 8.99. The molecule has 0 aromatic heterocycles. The van der Waals surface area contributed by atoms with E-state index < -0.39 is 0 Å². The Hall–Kier alpha value is -2.50. The molecule has 2 bridgehead atoms. The second-order valence-corrected chi connectivity index (χ2v) is 9.77. The van der Waals surface area contributed by atoms with Crippen LogP contribution in [-0.4, -0.2) is 44.2 Å². The fraction of sp³-hybridized carbons (Fsp3) is 0.290. The van der Waals surface area contributed by atoms with Crippen molar-refractivity contribution in [3.63, 3.8) is 0 Å². The third-order valence-electron chi connectivity index (χ3n) is 7.40. The van der Waals surface area contributed by atoms with Crippen molar-refractivity contribution in [3.05, 3.63) is 95.6 Å². The van der Waals surface area contributed by atoms with Crippen molar-refractivity contribution in [2.24, 2.45) is 0 Å². The van der Waals surface area contributed by atoms with E-state index in [-0.39, 0.29) is 17.1 Å². The second kappa shape index (κ2) is 11.7. The van der Waals surface area contributed by atoms with Crippen LogP contribution in [0.15, 0.2) is 78.9 Å². The zero-order valence-corrected chi connectivity index (χ0v) is 21.9. The molecule has 183 valence electrons. The summed E-state index contributed by atoms with van der Waals surface area (Å²) in [6, 6.07) is 29.2. The van der Waals surface area contributed by atoms with Crippen LogP contribution in [0.4, 0.5) is 0 Å². The molecule has 1 aliphatic rings. The monoisotopic (exact) mass is 517 g/mol. The standard InChI is InChI=1S/C31H34N4.Mn/c1-3-23-19-24(4-1)21-33-14-17-35(16-13-32-20-23)18-15-34-22-28-10-9-27-8-7-25-5-2-6-26-11-12-29(28)31(27)30(25)26;/h1-12,19,32-34H,13-18,20-22H2;/q;+2. The summed E-state index contributed by atoms with van der Waals surface area (Å²) in [7, 11) is 0. The molecule has 4 nitrogen and oxygen atoms in total. The Bertz CT molecular complexity index is 1390. The topological polar surface area (TPSA) is 39.3 Å². The summed E-state index contributed by atoms with van der Waals surface area (Å²) in [4.78, 5) is 2.56. The van der Waals surface area contributed by atoms with Crippen molar-refractivity contribution in [1.29, 1.82) is 0 Å². The molecule has 1 aliphatic heterocycles. The molecular weight excluding hydrogens is 483 g/mol. The molecule has 6 rings (SSSR count). The zero-order chi connectivity index (χ0) is 23.5. The summed E-state index contributed by atoms with van der Waals surface area (Å²) < 4.78 is 0. The third-order valence-corrected chi connectivity index (χ3v) is 7.40. The van der Waals surface area contributed by atoms with E-state index in [1.54, 1.807) is 0 Å². The average molecular weight is 518 g/mol. The molecule has 3 N–H and O–H groups in total. The van der Waals surface area contributed by atoms with Gasteiger partial charge < -0.3 is 16.0 Å². The Labute approximate surface area is 224 Å². The van der Waals surface area contributed by atoms with Crippen molar-refractivity contribution < 1.29 is 17.1 Å². The van der Waals surface area contributed by atoms with Gasteiger partial charge in [0.25, 0.3) is 0 Å². The maximum absolute atomic E-state index is 3.73. The number of hydrogen-bond acceptors (Lipinski definition) is 4. The van der Waals surface area contributed by atoms with E-state index in [9.17, 15) is 0 Å². The van der Waals surface area contributed by atoms with E-state index in [4.69, 9.17) is 0 Å². The Morgan fingerprint density at radius 3 is 2.03 bits per heavy atom. The fourth-order valence-electron chi connectivity index (χ4n) is 5.53. The predicted molar refractivity (Wildman–Crippen MR) is 148 cm³/mol. The van der Waals surface area contributed by atoms with E-state index in [1.165, 1.54) is 49.0 Å². The molecule has 0 fully saturated rings. The Balaban J connectivity index is 0.00000267. The largest absolute Gasteiger partial charge is 2.00 e. The average Bonchev–Trinajstić information content (AvgIpc) is 2.89. The SMILES string of the molecule is [Mn+2].c1cc2cc(c1)CNCCN(CCNCc1ccc3ccc4cccc5ccc1c3c45)CCNC2. The normalized spacial score (nSPS) is 15.6. The minimum atomic E-state index is 0. The predicted octanol–water partition coefficient (Wildman–Crippen LogP) is 4.87. The molecule has 0 aliphatic carbocycles. The maximum Gasteiger partial charge on any atom is 2.00 e. The molecule has 0 atom stereocenters. The fourth-order valence-corrected chi connectivity index (χ4v) is 5.53. The van der Waals surface area contributed by atoms with Gasteiger partial charge in [0.1, 0.15) is 0 Å². The summed E-state index contributed by atoms with van der Waals surface area (Å²) in [5, 5.41) is 19.1. The van der Waals surface area contributed by atoms with Gasteiger partial charge in [-0.2, -0.15) is 0 Å². The minimum Gasteiger partial charge on any atom is -0.311 e. The van der Waals surface area contributed by atoms with E-state index in [2.05, 4.69) is 99.7 Å². The van der Waals surface area contributed by atoms with Crippen LogP contribution in [0.25, 0.3) is 32.3 Å². The Morgan fingerprint density at radius 1 is 0.694 bits per heavy atom. The van der Waals surface area contributed by atoms with Crippen LogP contribution in [0.2, 0.25) is 0 Å². The number of nitrogens with zero attached hydrogens (tertiary/aromatic N) is 1. The molecule has 5 heteroatoms. The van der Waals surface area contributed by atoms with E-state index in [1.807, 2.05) is 0 Å². The minimum absolute atomic E-state index is 0. The Morgan fingerprint density at radius 2 is 1.31 bits per heavy atom. The summed E-state index contributed by atoms with van der Waals surface area (Å²) in [6.07, 6.45) is 0. The molecule has 1 radical (unpaired) electrons.